The lowest BCUT2D eigenvalue weighted by atomic mass is 9.86. The summed E-state index contributed by atoms with van der Waals surface area (Å²) in [7, 11) is 0. The first-order chi connectivity index (χ1) is 16.9. The number of nitrogens with zero attached hydrogens (tertiary/aromatic N) is 2. The maximum atomic E-state index is 13.2. The molecule has 0 unspecified atom stereocenters. The first-order valence-electron chi connectivity index (χ1n) is 12.1. The molecule has 3 aliphatic rings. The molecule has 2 atom stereocenters. The predicted molar refractivity (Wildman–Crippen MR) is 130 cm³/mol. The molecular weight excluding hydrogens is 447 g/mol. The van der Waals surface area contributed by atoms with Gasteiger partial charge in [-0.15, -0.1) is 0 Å². The van der Waals surface area contributed by atoms with E-state index in [0.717, 1.165) is 29.7 Å². The highest BCUT2D eigenvalue weighted by atomic mass is 19.1. The highest BCUT2D eigenvalue weighted by Crippen LogP contribution is 2.34. The van der Waals surface area contributed by atoms with Crippen LogP contribution < -0.4 is 10.6 Å². The molecule has 0 fully saturated rings. The Bertz CT molecular complexity index is 1190. The van der Waals surface area contributed by atoms with E-state index in [2.05, 4.69) is 21.6 Å². The van der Waals surface area contributed by atoms with E-state index in [1.54, 1.807) is 24.0 Å². The zero-order chi connectivity index (χ0) is 24.5. The molecule has 0 radical (unpaired) electrons. The Labute approximate surface area is 204 Å². The van der Waals surface area contributed by atoms with Crippen molar-refractivity contribution in [2.75, 3.05) is 32.7 Å². The standard InChI is InChI=1S/C27H29FN4O3/c1-17(27(35)31-12-9-19(10-13-31)18-5-7-21(28)8-6-18)30-24(33)16-32-14-11-20-3-2-4-22-25(20)23(32)15-29-26(22)34/h2-9,17,23H,10-16H2,1H3,(H,29,34)(H,30,33)/t17-,23-/m0/s1. The van der Waals surface area contributed by atoms with Gasteiger partial charge in [0.2, 0.25) is 11.8 Å². The predicted octanol–water partition coefficient (Wildman–Crippen LogP) is 2.29. The molecule has 0 bridgehead atoms. The van der Waals surface area contributed by atoms with E-state index in [0.29, 0.717) is 31.6 Å². The third-order valence-electron chi connectivity index (χ3n) is 7.17. The Morgan fingerprint density at radius 1 is 1.14 bits per heavy atom. The summed E-state index contributed by atoms with van der Waals surface area (Å²) in [6.45, 7) is 4.08. The average molecular weight is 477 g/mol. The number of carbonyl (C=O) groups is 3. The second-order valence-corrected chi connectivity index (χ2v) is 9.38. The fraction of sp³-hybridized carbons (Fsp3) is 0.370. The molecule has 2 aromatic rings. The highest BCUT2D eigenvalue weighted by molar-refractivity contribution is 5.97. The van der Waals surface area contributed by atoms with Crippen LogP contribution >= 0.6 is 0 Å². The van der Waals surface area contributed by atoms with Crippen LogP contribution in [0.3, 0.4) is 0 Å². The first-order valence-corrected chi connectivity index (χ1v) is 12.1. The van der Waals surface area contributed by atoms with Gasteiger partial charge in [0, 0.05) is 31.7 Å². The van der Waals surface area contributed by atoms with Gasteiger partial charge in [0.15, 0.2) is 0 Å². The third kappa shape index (κ3) is 4.71. The number of hydrogen-bond donors (Lipinski definition) is 2. The molecule has 8 heteroatoms. The zero-order valence-corrected chi connectivity index (χ0v) is 19.7. The molecule has 0 saturated carbocycles. The molecule has 3 amide bonds. The lowest BCUT2D eigenvalue weighted by molar-refractivity contribution is -0.136. The van der Waals surface area contributed by atoms with Crippen molar-refractivity contribution in [3.63, 3.8) is 0 Å². The van der Waals surface area contributed by atoms with Gasteiger partial charge in [-0.2, -0.15) is 0 Å². The smallest absolute Gasteiger partial charge is 0.251 e. The van der Waals surface area contributed by atoms with E-state index in [9.17, 15) is 18.8 Å². The largest absolute Gasteiger partial charge is 0.350 e. The molecule has 182 valence electrons. The van der Waals surface area contributed by atoms with Crippen LogP contribution in [-0.2, 0) is 16.0 Å². The summed E-state index contributed by atoms with van der Waals surface area (Å²) < 4.78 is 13.2. The minimum atomic E-state index is -0.637. The van der Waals surface area contributed by atoms with E-state index in [4.69, 9.17) is 0 Å². The minimum Gasteiger partial charge on any atom is -0.350 e. The summed E-state index contributed by atoms with van der Waals surface area (Å²) >= 11 is 0. The molecule has 35 heavy (non-hydrogen) atoms. The molecule has 0 spiro atoms. The highest BCUT2D eigenvalue weighted by Gasteiger charge is 2.35. The van der Waals surface area contributed by atoms with E-state index in [1.165, 1.54) is 17.7 Å². The van der Waals surface area contributed by atoms with Gasteiger partial charge < -0.3 is 15.5 Å². The molecule has 0 aliphatic carbocycles. The number of halogens is 1. The molecule has 3 heterocycles. The van der Waals surface area contributed by atoms with E-state index in [-0.39, 0.29) is 36.1 Å². The Balaban J connectivity index is 1.17. The van der Waals surface area contributed by atoms with Gasteiger partial charge >= 0.3 is 0 Å². The first kappa shape index (κ1) is 23.2. The Morgan fingerprint density at radius 3 is 2.69 bits per heavy atom. The van der Waals surface area contributed by atoms with Crippen LogP contribution in [0.2, 0.25) is 0 Å². The molecule has 2 N–H and O–H groups in total. The SMILES string of the molecule is C[C@H](NC(=O)CN1CCc2cccc3c2[C@@H]1CNC3=O)C(=O)N1CC=C(c2ccc(F)cc2)CC1. The van der Waals surface area contributed by atoms with Crippen LogP contribution in [0.1, 0.15) is 46.4 Å². The molecule has 3 aliphatic heterocycles. The molecule has 0 aromatic heterocycles. The number of hydrogen-bond acceptors (Lipinski definition) is 4. The van der Waals surface area contributed by atoms with Gasteiger partial charge in [0.1, 0.15) is 11.9 Å². The van der Waals surface area contributed by atoms with Crippen molar-refractivity contribution in [1.82, 2.24) is 20.4 Å². The second kappa shape index (κ2) is 9.62. The lowest BCUT2D eigenvalue weighted by Gasteiger charge is -2.40. The summed E-state index contributed by atoms with van der Waals surface area (Å²) in [4.78, 5) is 41.9. The normalized spacial score (nSPS) is 20.4. The molecule has 2 aromatic carbocycles. The van der Waals surface area contributed by atoms with Crippen LogP contribution in [0.4, 0.5) is 4.39 Å². The van der Waals surface area contributed by atoms with E-state index >= 15 is 0 Å². The van der Waals surface area contributed by atoms with Crippen molar-refractivity contribution >= 4 is 23.3 Å². The lowest BCUT2D eigenvalue weighted by Crippen LogP contribution is -2.53. The number of carbonyl (C=O) groups excluding carboxylic acids is 3. The van der Waals surface area contributed by atoms with Gasteiger partial charge in [0.25, 0.3) is 5.91 Å². The summed E-state index contributed by atoms with van der Waals surface area (Å²) in [6, 6.07) is 11.5. The van der Waals surface area contributed by atoms with Gasteiger partial charge in [-0.05, 0) is 60.2 Å². The number of benzene rings is 2. The molecule has 7 nitrogen and oxygen atoms in total. The second-order valence-electron chi connectivity index (χ2n) is 9.38. The van der Waals surface area contributed by atoms with E-state index in [1.807, 2.05) is 18.2 Å². The zero-order valence-electron chi connectivity index (χ0n) is 19.7. The Morgan fingerprint density at radius 2 is 1.94 bits per heavy atom. The number of rotatable bonds is 5. The van der Waals surface area contributed by atoms with Gasteiger partial charge in [-0.1, -0.05) is 30.3 Å². The summed E-state index contributed by atoms with van der Waals surface area (Å²) in [5.41, 5.74) is 4.93. The van der Waals surface area contributed by atoms with Crippen LogP contribution in [0.25, 0.3) is 5.57 Å². The van der Waals surface area contributed by atoms with Gasteiger partial charge in [-0.3, -0.25) is 19.3 Å². The number of amides is 3. The fourth-order valence-electron chi connectivity index (χ4n) is 5.33. The number of nitrogens with one attached hydrogen (secondary N) is 2. The maximum absolute atomic E-state index is 13.2. The van der Waals surface area contributed by atoms with Crippen molar-refractivity contribution in [2.24, 2.45) is 0 Å². The monoisotopic (exact) mass is 476 g/mol. The quantitative estimate of drug-likeness (QED) is 0.694. The fourth-order valence-corrected chi connectivity index (χ4v) is 5.33. The molecular formula is C27H29FN4O3. The van der Waals surface area contributed by atoms with E-state index < -0.39 is 6.04 Å². The third-order valence-corrected chi connectivity index (χ3v) is 7.17. The summed E-state index contributed by atoms with van der Waals surface area (Å²) in [6.07, 6.45) is 3.45. The average Bonchev–Trinajstić information content (AvgIpc) is 2.87. The van der Waals surface area contributed by atoms with Crippen molar-refractivity contribution in [2.45, 2.75) is 31.8 Å². The minimum absolute atomic E-state index is 0.0403. The van der Waals surface area contributed by atoms with Crippen molar-refractivity contribution in [3.8, 4) is 0 Å². The van der Waals surface area contributed by atoms with Crippen LogP contribution in [0.5, 0.6) is 0 Å². The van der Waals surface area contributed by atoms with Gasteiger partial charge in [-0.25, -0.2) is 4.39 Å². The van der Waals surface area contributed by atoms with Gasteiger partial charge in [0.05, 0.1) is 12.6 Å². The summed E-state index contributed by atoms with van der Waals surface area (Å²) in [5.74, 6) is -0.664. The topological polar surface area (TPSA) is 81.8 Å². The molecule has 0 saturated heterocycles. The summed E-state index contributed by atoms with van der Waals surface area (Å²) in [5, 5.41) is 5.79. The molecule has 5 rings (SSSR count). The van der Waals surface area contributed by atoms with Crippen LogP contribution in [0.15, 0.2) is 48.5 Å². The van der Waals surface area contributed by atoms with Crippen molar-refractivity contribution < 1.29 is 18.8 Å². The maximum Gasteiger partial charge on any atom is 0.251 e. The van der Waals surface area contributed by atoms with Crippen molar-refractivity contribution in [3.05, 3.63) is 76.6 Å². The van der Waals surface area contributed by atoms with Crippen LogP contribution in [0, 0.1) is 5.82 Å². The Hall–Kier alpha value is -3.52. The van der Waals surface area contributed by atoms with Crippen LogP contribution in [-0.4, -0.2) is 66.3 Å². The van der Waals surface area contributed by atoms with Crippen molar-refractivity contribution in [1.29, 1.82) is 0 Å². The Kier molecular flexibility index (Phi) is 6.38.